The zero-order valence-corrected chi connectivity index (χ0v) is 11.5. The molecule has 0 saturated carbocycles. The number of rotatable bonds is 5. The zero-order chi connectivity index (χ0) is 13.6. The fourth-order valence-electron chi connectivity index (χ4n) is 1.13. The van der Waals surface area contributed by atoms with Crippen LogP contribution in [0, 0.1) is 11.3 Å². The second-order valence-electron chi connectivity index (χ2n) is 3.16. The van der Waals surface area contributed by atoms with Crippen LogP contribution in [0.25, 0.3) is 0 Å². The molecule has 0 aliphatic heterocycles. The maximum absolute atomic E-state index is 11.8. The number of nitrogens with zero attached hydrogens (tertiary/aromatic N) is 1. The number of benzene rings is 1. The Kier molecular flexibility index (Phi) is 5.07. The number of sulfonamides is 1. The molecule has 0 aliphatic rings. The number of anilines is 1. The lowest BCUT2D eigenvalue weighted by Gasteiger charge is -2.07. The molecule has 18 heavy (non-hydrogen) atoms. The smallest absolute Gasteiger partial charge is 0.272 e. The van der Waals surface area contributed by atoms with E-state index in [9.17, 15) is 8.42 Å². The Balaban J connectivity index is 2.95. The number of nitriles is 1. The molecule has 0 aromatic heterocycles. The van der Waals surface area contributed by atoms with Gasteiger partial charge in [0, 0.05) is 11.1 Å². The molecule has 96 valence electrons. The van der Waals surface area contributed by atoms with Crippen LogP contribution >= 0.6 is 11.8 Å². The fourth-order valence-corrected chi connectivity index (χ4v) is 2.86. The Hall–Kier alpha value is -1.65. The Bertz CT molecular complexity index is 571. The van der Waals surface area contributed by atoms with Gasteiger partial charge in [0.1, 0.15) is 11.8 Å². The summed E-state index contributed by atoms with van der Waals surface area (Å²) < 4.78 is 30.9. The number of hydrogen-bond acceptors (Lipinski definition) is 5. The van der Waals surface area contributed by atoms with Gasteiger partial charge in [0.25, 0.3) is 10.0 Å². The van der Waals surface area contributed by atoms with Crippen LogP contribution in [0.1, 0.15) is 0 Å². The molecular formula is C11H12N2O3S2. The van der Waals surface area contributed by atoms with Crippen molar-refractivity contribution in [3.8, 4) is 11.8 Å². The van der Waals surface area contributed by atoms with Crippen molar-refractivity contribution in [3.63, 3.8) is 0 Å². The van der Waals surface area contributed by atoms with Crippen molar-refractivity contribution in [1.29, 1.82) is 5.26 Å². The van der Waals surface area contributed by atoms with Crippen molar-refractivity contribution in [2.45, 2.75) is 0 Å². The standard InChI is InChI=1S/C11H12N2O3S2/c1-16-10-5-3-9(4-6-10)13-18(14,15)11(7-12)8-17-2/h3-6,8,13H,1-2H3. The van der Waals surface area contributed by atoms with Crippen molar-refractivity contribution >= 4 is 27.5 Å². The van der Waals surface area contributed by atoms with E-state index in [1.807, 2.05) is 0 Å². The molecule has 0 atom stereocenters. The van der Waals surface area contributed by atoms with Crippen LogP contribution < -0.4 is 9.46 Å². The monoisotopic (exact) mass is 284 g/mol. The Morgan fingerprint density at radius 1 is 1.44 bits per heavy atom. The van der Waals surface area contributed by atoms with Crippen LogP contribution in [0.4, 0.5) is 5.69 Å². The van der Waals surface area contributed by atoms with Crippen LogP contribution in [-0.2, 0) is 10.0 Å². The first kappa shape index (κ1) is 14.4. The summed E-state index contributed by atoms with van der Waals surface area (Å²) in [5.74, 6) is 0.623. The third kappa shape index (κ3) is 3.68. The second-order valence-corrected chi connectivity index (χ2v) is 5.52. The maximum atomic E-state index is 11.8. The molecule has 0 fully saturated rings. The van der Waals surface area contributed by atoms with Crippen LogP contribution in [-0.4, -0.2) is 21.8 Å². The van der Waals surface area contributed by atoms with Crippen LogP contribution in [0.3, 0.4) is 0 Å². The van der Waals surface area contributed by atoms with Gasteiger partial charge in [0.15, 0.2) is 4.91 Å². The van der Waals surface area contributed by atoms with E-state index in [1.54, 1.807) is 36.6 Å². The molecule has 0 bridgehead atoms. The highest BCUT2D eigenvalue weighted by molar-refractivity contribution is 8.03. The van der Waals surface area contributed by atoms with Gasteiger partial charge in [-0.3, -0.25) is 4.72 Å². The first-order valence-electron chi connectivity index (χ1n) is 4.83. The van der Waals surface area contributed by atoms with Crippen molar-refractivity contribution in [2.24, 2.45) is 0 Å². The molecule has 0 spiro atoms. The number of methoxy groups -OCH3 is 1. The summed E-state index contributed by atoms with van der Waals surface area (Å²) in [5, 5.41) is 10.1. The molecule has 0 unspecified atom stereocenters. The summed E-state index contributed by atoms with van der Waals surface area (Å²) in [5.41, 5.74) is 0.373. The van der Waals surface area contributed by atoms with Crippen LogP contribution in [0.2, 0.25) is 0 Å². The predicted octanol–water partition coefficient (Wildman–Crippen LogP) is 2.16. The Labute approximate surface area is 111 Å². The van der Waals surface area contributed by atoms with Crippen molar-refractivity contribution < 1.29 is 13.2 Å². The molecular weight excluding hydrogens is 272 g/mol. The normalized spacial score (nSPS) is 11.7. The number of allylic oxidation sites excluding steroid dienone is 1. The SMILES string of the molecule is COc1ccc(NS(=O)(=O)C(C#N)=CSC)cc1. The van der Waals surface area contributed by atoms with E-state index in [0.29, 0.717) is 11.4 Å². The Morgan fingerprint density at radius 3 is 2.50 bits per heavy atom. The first-order chi connectivity index (χ1) is 8.53. The lowest BCUT2D eigenvalue weighted by molar-refractivity contribution is 0.415. The molecule has 7 heteroatoms. The molecule has 0 amide bonds. The molecule has 0 aliphatic carbocycles. The van der Waals surface area contributed by atoms with Gasteiger partial charge in [-0.05, 0) is 30.5 Å². The maximum Gasteiger partial charge on any atom is 0.272 e. The van der Waals surface area contributed by atoms with Gasteiger partial charge in [-0.2, -0.15) is 5.26 Å². The number of nitrogens with one attached hydrogen (secondary N) is 1. The van der Waals surface area contributed by atoms with E-state index in [4.69, 9.17) is 10.00 Å². The molecule has 1 N–H and O–H groups in total. The van der Waals surface area contributed by atoms with Gasteiger partial charge in [0.05, 0.1) is 7.11 Å². The highest BCUT2D eigenvalue weighted by atomic mass is 32.2. The van der Waals surface area contributed by atoms with Gasteiger partial charge < -0.3 is 4.74 Å². The summed E-state index contributed by atoms with van der Waals surface area (Å²) in [6.45, 7) is 0. The second kappa shape index (κ2) is 6.33. The average Bonchev–Trinajstić information content (AvgIpc) is 2.36. The van der Waals surface area contributed by atoms with E-state index in [2.05, 4.69) is 4.72 Å². The minimum atomic E-state index is -3.82. The largest absolute Gasteiger partial charge is 0.497 e. The van der Waals surface area contributed by atoms with Gasteiger partial charge >= 0.3 is 0 Å². The molecule has 0 saturated heterocycles. The lowest BCUT2D eigenvalue weighted by atomic mass is 10.3. The summed E-state index contributed by atoms with van der Waals surface area (Å²) in [6.07, 6.45) is 1.68. The van der Waals surface area contributed by atoms with E-state index >= 15 is 0 Å². The third-order valence-corrected chi connectivity index (χ3v) is 3.88. The predicted molar refractivity (Wildman–Crippen MR) is 72.7 cm³/mol. The minimum Gasteiger partial charge on any atom is -0.497 e. The van der Waals surface area contributed by atoms with Gasteiger partial charge in [-0.25, -0.2) is 8.42 Å². The molecule has 5 nitrogen and oxygen atoms in total. The van der Waals surface area contributed by atoms with Gasteiger partial charge in [-0.15, -0.1) is 11.8 Å². The zero-order valence-electron chi connectivity index (χ0n) is 9.88. The average molecular weight is 284 g/mol. The van der Waals surface area contributed by atoms with Crippen LogP contribution in [0.5, 0.6) is 5.75 Å². The Morgan fingerprint density at radius 2 is 2.06 bits per heavy atom. The van der Waals surface area contributed by atoms with Crippen molar-refractivity contribution in [2.75, 3.05) is 18.1 Å². The lowest BCUT2D eigenvalue weighted by Crippen LogP contribution is -2.13. The van der Waals surface area contributed by atoms with Crippen molar-refractivity contribution in [3.05, 3.63) is 34.6 Å². The fraction of sp³-hybridized carbons (Fsp3) is 0.182. The number of hydrogen-bond donors (Lipinski definition) is 1. The van der Waals surface area contributed by atoms with Crippen LogP contribution in [0.15, 0.2) is 34.6 Å². The minimum absolute atomic E-state index is 0.314. The quantitative estimate of drug-likeness (QED) is 0.838. The molecule has 1 aromatic rings. The molecule has 0 radical (unpaired) electrons. The van der Waals surface area contributed by atoms with E-state index in [1.165, 1.54) is 12.5 Å². The molecule has 1 aromatic carbocycles. The topological polar surface area (TPSA) is 79.2 Å². The van der Waals surface area contributed by atoms with E-state index < -0.39 is 10.0 Å². The molecule has 0 heterocycles. The highest BCUT2D eigenvalue weighted by Crippen LogP contribution is 2.19. The summed E-state index contributed by atoms with van der Waals surface area (Å²) in [4.78, 5) is -0.314. The summed E-state index contributed by atoms with van der Waals surface area (Å²) >= 11 is 1.15. The number of ether oxygens (including phenoxy) is 1. The molecule has 1 rings (SSSR count). The summed E-state index contributed by atoms with van der Waals surface area (Å²) in [7, 11) is -2.30. The summed E-state index contributed by atoms with van der Waals surface area (Å²) in [6, 6.07) is 8.03. The van der Waals surface area contributed by atoms with E-state index in [-0.39, 0.29) is 4.91 Å². The van der Waals surface area contributed by atoms with Gasteiger partial charge in [-0.1, -0.05) is 0 Å². The van der Waals surface area contributed by atoms with E-state index in [0.717, 1.165) is 11.8 Å². The van der Waals surface area contributed by atoms with Crippen molar-refractivity contribution in [1.82, 2.24) is 0 Å². The third-order valence-electron chi connectivity index (χ3n) is 1.97. The number of thioether (sulfide) groups is 1. The van der Waals surface area contributed by atoms with Gasteiger partial charge in [0.2, 0.25) is 0 Å². The first-order valence-corrected chi connectivity index (χ1v) is 7.60. The highest BCUT2D eigenvalue weighted by Gasteiger charge is 2.17.